The number of benzene rings is 1. The molecule has 2 N–H and O–H groups in total. The third kappa shape index (κ3) is 2.82. The SMILES string of the molecule is NC1CCC(S(=O)(=O)c2cc(Cl)ccc2Cl)CC1. The van der Waals surface area contributed by atoms with E-state index in [1.54, 1.807) is 6.07 Å². The molecule has 0 aromatic heterocycles. The molecule has 1 aromatic carbocycles. The van der Waals surface area contributed by atoms with Crippen LogP contribution in [0.5, 0.6) is 0 Å². The average Bonchev–Trinajstić information content (AvgIpc) is 2.32. The Bertz CT molecular complexity index is 537. The quantitative estimate of drug-likeness (QED) is 0.913. The van der Waals surface area contributed by atoms with Crippen LogP contribution in [-0.4, -0.2) is 19.7 Å². The summed E-state index contributed by atoms with van der Waals surface area (Å²) in [6.45, 7) is 0. The van der Waals surface area contributed by atoms with Crippen molar-refractivity contribution < 1.29 is 8.42 Å². The Morgan fingerprint density at radius 3 is 2.33 bits per heavy atom. The van der Waals surface area contributed by atoms with Crippen molar-refractivity contribution in [2.24, 2.45) is 5.73 Å². The second-order valence-electron chi connectivity index (χ2n) is 4.66. The maximum atomic E-state index is 12.5. The van der Waals surface area contributed by atoms with Crippen molar-refractivity contribution in [1.29, 1.82) is 0 Å². The summed E-state index contributed by atoms with van der Waals surface area (Å²) in [6, 6.07) is 4.64. The fraction of sp³-hybridized carbons (Fsp3) is 0.500. The van der Waals surface area contributed by atoms with E-state index >= 15 is 0 Å². The molecule has 1 aromatic rings. The van der Waals surface area contributed by atoms with Crippen molar-refractivity contribution in [3.05, 3.63) is 28.2 Å². The molecule has 1 aliphatic rings. The van der Waals surface area contributed by atoms with E-state index in [0.29, 0.717) is 17.9 Å². The Hall–Kier alpha value is -0.290. The molecule has 3 nitrogen and oxygen atoms in total. The minimum absolute atomic E-state index is 0.117. The first-order valence-electron chi connectivity index (χ1n) is 5.86. The summed E-state index contributed by atoms with van der Waals surface area (Å²) < 4.78 is 25.0. The van der Waals surface area contributed by atoms with Gasteiger partial charge in [-0.3, -0.25) is 0 Å². The molecule has 0 radical (unpaired) electrons. The van der Waals surface area contributed by atoms with E-state index in [4.69, 9.17) is 28.9 Å². The van der Waals surface area contributed by atoms with Gasteiger partial charge in [-0.2, -0.15) is 0 Å². The second kappa shape index (κ2) is 5.37. The number of hydrogen-bond acceptors (Lipinski definition) is 3. The van der Waals surface area contributed by atoms with Crippen LogP contribution in [0, 0.1) is 0 Å². The van der Waals surface area contributed by atoms with Gasteiger partial charge >= 0.3 is 0 Å². The highest BCUT2D eigenvalue weighted by atomic mass is 35.5. The smallest absolute Gasteiger partial charge is 0.182 e. The van der Waals surface area contributed by atoms with Crippen LogP contribution in [0.4, 0.5) is 0 Å². The average molecular weight is 308 g/mol. The number of halogens is 2. The van der Waals surface area contributed by atoms with Crippen LogP contribution in [0.15, 0.2) is 23.1 Å². The molecule has 0 heterocycles. The molecule has 0 unspecified atom stereocenters. The molecule has 1 saturated carbocycles. The monoisotopic (exact) mass is 307 g/mol. The molecule has 0 atom stereocenters. The standard InChI is InChI=1S/C12H15Cl2NO2S/c13-8-1-6-11(14)12(7-8)18(16,17)10-4-2-9(15)3-5-10/h1,6-7,9-10H,2-5,15H2. The van der Waals surface area contributed by atoms with Crippen molar-refractivity contribution in [2.45, 2.75) is 41.9 Å². The highest BCUT2D eigenvalue weighted by Crippen LogP contribution is 2.33. The summed E-state index contributed by atoms with van der Waals surface area (Å²) in [5, 5.41) is 0.216. The molecule has 6 heteroatoms. The zero-order chi connectivity index (χ0) is 13.3. The molecule has 2 rings (SSSR count). The van der Waals surface area contributed by atoms with E-state index in [0.717, 1.165) is 12.8 Å². The summed E-state index contributed by atoms with van der Waals surface area (Å²) in [5.74, 6) is 0. The van der Waals surface area contributed by atoms with Gasteiger partial charge in [-0.05, 0) is 43.9 Å². The summed E-state index contributed by atoms with van der Waals surface area (Å²) in [4.78, 5) is 0.136. The summed E-state index contributed by atoms with van der Waals surface area (Å²) >= 11 is 11.8. The largest absolute Gasteiger partial charge is 0.328 e. The first-order chi connectivity index (χ1) is 8.41. The summed E-state index contributed by atoms with van der Waals surface area (Å²) in [7, 11) is -3.41. The van der Waals surface area contributed by atoms with Crippen molar-refractivity contribution in [2.75, 3.05) is 0 Å². The molecule has 0 spiro atoms. The Morgan fingerprint density at radius 2 is 1.72 bits per heavy atom. The fourth-order valence-electron chi connectivity index (χ4n) is 2.27. The van der Waals surface area contributed by atoms with E-state index in [2.05, 4.69) is 0 Å². The summed E-state index contributed by atoms with van der Waals surface area (Å²) in [6.07, 6.45) is 2.66. The predicted molar refractivity (Wildman–Crippen MR) is 73.9 cm³/mol. The van der Waals surface area contributed by atoms with E-state index in [1.165, 1.54) is 12.1 Å². The van der Waals surface area contributed by atoms with E-state index in [9.17, 15) is 8.42 Å². The molecule has 18 heavy (non-hydrogen) atoms. The molecule has 0 bridgehead atoms. The lowest BCUT2D eigenvalue weighted by Gasteiger charge is -2.26. The van der Waals surface area contributed by atoms with Crippen LogP contribution in [-0.2, 0) is 9.84 Å². The zero-order valence-electron chi connectivity index (χ0n) is 9.77. The summed E-state index contributed by atoms with van der Waals surface area (Å²) in [5.41, 5.74) is 5.79. The van der Waals surface area contributed by atoms with Gasteiger partial charge in [0.2, 0.25) is 0 Å². The van der Waals surface area contributed by atoms with Crippen molar-refractivity contribution >= 4 is 33.0 Å². The van der Waals surface area contributed by atoms with Crippen molar-refractivity contribution in [3.63, 3.8) is 0 Å². The van der Waals surface area contributed by atoms with Gasteiger partial charge in [-0.1, -0.05) is 23.2 Å². The lowest BCUT2D eigenvalue weighted by atomic mass is 9.96. The molecule has 100 valence electrons. The molecular formula is C12H15Cl2NO2S. The molecule has 1 fully saturated rings. The highest BCUT2D eigenvalue weighted by Gasteiger charge is 2.32. The first kappa shape index (κ1) is 14.1. The molecule has 0 amide bonds. The van der Waals surface area contributed by atoms with Gasteiger partial charge in [0, 0.05) is 11.1 Å². The maximum absolute atomic E-state index is 12.5. The topological polar surface area (TPSA) is 60.2 Å². The minimum Gasteiger partial charge on any atom is -0.328 e. The third-order valence-electron chi connectivity index (χ3n) is 3.36. The molecule has 0 aliphatic heterocycles. The van der Waals surface area contributed by atoms with Gasteiger partial charge in [-0.25, -0.2) is 8.42 Å². The van der Waals surface area contributed by atoms with Crippen molar-refractivity contribution in [1.82, 2.24) is 0 Å². The van der Waals surface area contributed by atoms with Crippen LogP contribution < -0.4 is 5.73 Å². The van der Waals surface area contributed by atoms with E-state index < -0.39 is 15.1 Å². The van der Waals surface area contributed by atoms with Crippen LogP contribution in [0.3, 0.4) is 0 Å². The molecule has 1 aliphatic carbocycles. The third-order valence-corrected chi connectivity index (χ3v) is 6.33. The Kier molecular flexibility index (Phi) is 4.22. The second-order valence-corrected chi connectivity index (χ2v) is 7.70. The van der Waals surface area contributed by atoms with Gasteiger partial charge in [-0.15, -0.1) is 0 Å². The molecule has 0 saturated heterocycles. The van der Waals surface area contributed by atoms with E-state index in [-0.39, 0.29) is 16.0 Å². The minimum atomic E-state index is -3.41. The normalized spacial score (nSPS) is 25.1. The van der Waals surface area contributed by atoms with E-state index in [1.807, 2.05) is 0 Å². The van der Waals surface area contributed by atoms with Crippen LogP contribution >= 0.6 is 23.2 Å². The van der Waals surface area contributed by atoms with Crippen LogP contribution in [0.2, 0.25) is 10.0 Å². The fourth-order valence-corrected chi connectivity index (χ4v) is 4.83. The number of hydrogen-bond donors (Lipinski definition) is 1. The number of sulfone groups is 1. The van der Waals surface area contributed by atoms with Gasteiger partial charge in [0.1, 0.15) is 0 Å². The van der Waals surface area contributed by atoms with Crippen molar-refractivity contribution in [3.8, 4) is 0 Å². The zero-order valence-corrected chi connectivity index (χ0v) is 12.1. The molecular weight excluding hydrogens is 293 g/mol. The Labute approximate surface area is 117 Å². The first-order valence-corrected chi connectivity index (χ1v) is 8.16. The lowest BCUT2D eigenvalue weighted by Crippen LogP contribution is -2.33. The number of rotatable bonds is 2. The Balaban J connectivity index is 2.33. The number of nitrogens with two attached hydrogens (primary N) is 1. The van der Waals surface area contributed by atoms with Gasteiger partial charge in [0.25, 0.3) is 0 Å². The Morgan fingerprint density at radius 1 is 1.11 bits per heavy atom. The highest BCUT2D eigenvalue weighted by molar-refractivity contribution is 7.92. The van der Waals surface area contributed by atoms with Gasteiger partial charge < -0.3 is 5.73 Å². The van der Waals surface area contributed by atoms with Crippen LogP contribution in [0.25, 0.3) is 0 Å². The van der Waals surface area contributed by atoms with Crippen LogP contribution in [0.1, 0.15) is 25.7 Å². The van der Waals surface area contributed by atoms with Gasteiger partial charge in [0.15, 0.2) is 9.84 Å². The lowest BCUT2D eigenvalue weighted by molar-refractivity contribution is 0.434. The van der Waals surface area contributed by atoms with Gasteiger partial charge in [0.05, 0.1) is 15.2 Å². The predicted octanol–water partition coefficient (Wildman–Crippen LogP) is 3.04. The maximum Gasteiger partial charge on any atom is 0.182 e.